The van der Waals surface area contributed by atoms with E-state index in [4.69, 9.17) is 4.42 Å². The zero-order chi connectivity index (χ0) is 10.7. The number of nitrogens with zero attached hydrogens (tertiary/aromatic N) is 2. The van der Waals surface area contributed by atoms with Gasteiger partial charge in [-0.25, -0.2) is 4.79 Å². The molecule has 0 bridgehead atoms. The summed E-state index contributed by atoms with van der Waals surface area (Å²) in [4.78, 5) is 11.1. The number of aromatic nitrogens is 2. The normalized spacial score (nSPS) is 13.5. The van der Waals surface area contributed by atoms with Crippen LogP contribution in [0, 0.1) is 5.92 Å². The molecule has 5 heteroatoms. The summed E-state index contributed by atoms with van der Waals surface area (Å²) in [5.74, 6) is 0.581. The monoisotopic (exact) mass is 199 g/mol. The zero-order valence-electron chi connectivity index (χ0n) is 9.07. The summed E-state index contributed by atoms with van der Waals surface area (Å²) in [6.07, 6.45) is 0.899. The molecule has 0 saturated carbocycles. The van der Waals surface area contributed by atoms with Crippen molar-refractivity contribution in [2.45, 2.75) is 26.3 Å². The van der Waals surface area contributed by atoms with Crippen LogP contribution in [0.25, 0.3) is 0 Å². The van der Waals surface area contributed by atoms with Crippen molar-refractivity contribution in [1.29, 1.82) is 0 Å². The lowest BCUT2D eigenvalue weighted by Gasteiger charge is -2.13. The van der Waals surface area contributed by atoms with E-state index in [0.717, 1.165) is 6.42 Å². The zero-order valence-corrected chi connectivity index (χ0v) is 9.07. The van der Waals surface area contributed by atoms with E-state index in [9.17, 15) is 4.79 Å². The summed E-state index contributed by atoms with van der Waals surface area (Å²) in [7, 11) is 3.42. The van der Waals surface area contributed by atoms with Crippen molar-refractivity contribution in [2.75, 3.05) is 7.05 Å². The first-order valence-corrected chi connectivity index (χ1v) is 4.76. The van der Waals surface area contributed by atoms with Crippen LogP contribution in [0.2, 0.25) is 0 Å². The van der Waals surface area contributed by atoms with Gasteiger partial charge in [-0.2, -0.15) is 4.68 Å². The molecule has 1 heterocycles. The van der Waals surface area contributed by atoms with Gasteiger partial charge >= 0.3 is 5.76 Å². The van der Waals surface area contributed by atoms with Crippen LogP contribution in [0.4, 0.5) is 0 Å². The van der Waals surface area contributed by atoms with Gasteiger partial charge in [0.05, 0.1) is 6.04 Å². The number of hydrogen-bond acceptors (Lipinski definition) is 4. The molecule has 1 aromatic heterocycles. The van der Waals surface area contributed by atoms with Crippen LogP contribution in [-0.4, -0.2) is 16.8 Å². The maximum atomic E-state index is 11.1. The van der Waals surface area contributed by atoms with Gasteiger partial charge < -0.3 is 9.73 Å². The van der Waals surface area contributed by atoms with Crippen molar-refractivity contribution in [3.05, 3.63) is 16.4 Å². The third-order valence-electron chi connectivity index (χ3n) is 2.06. The summed E-state index contributed by atoms with van der Waals surface area (Å²) in [6, 6.07) is 0.0175. The average Bonchev–Trinajstić information content (AvgIpc) is 2.42. The second-order valence-corrected chi connectivity index (χ2v) is 3.80. The Labute approximate surface area is 83.1 Å². The molecular formula is C9H17N3O2. The van der Waals surface area contributed by atoms with E-state index in [1.165, 1.54) is 4.68 Å². The summed E-state index contributed by atoms with van der Waals surface area (Å²) in [5, 5.41) is 7.09. The van der Waals surface area contributed by atoms with Gasteiger partial charge in [0, 0.05) is 7.05 Å². The predicted molar refractivity (Wildman–Crippen MR) is 53.0 cm³/mol. The lowest BCUT2D eigenvalue weighted by atomic mass is 10.0. The molecule has 14 heavy (non-hydrogen) atoms. The molecule has 80 valence electrons. The summed E-state index contributed by atoms with van der Waals surface area (Å²) >= 11 is 0. The van der Waals surface area contributed by atoms with Crippen molar-refractivity contribution >= 4 is 0 Å². The van der Waals surface area contributed by atoms with E-state index < -0.39 is 5.76 Å². The van der Waals surface area contributed by atoms with Crippen molar-refractivity contribution in [3.63, 3.8) is 0 Å². The fraction of sp³-hybridized carbons (Fsp3) is 0.778. The standard InChI is InChI=1S/C9H17N3O2/c1-6(2)5-7(10-3)8-11-12(4)9(13)14-8/h6-7,10H,5H2,1-4H3. The van der Waals surface area contributed by atoms with Crippen molar-refractivity contribution in [3.8, 4) is 0 Å². The molecule has 1 unspecified atom stereocenters. The Morgan fingerprint density at radius 2 is 2.21 bits per heavy atom. The smallest absolute Gasteiger partial charge is 0.391 e. The van der Waals surface area contributed by atoms with Gasteiger partial charge in [-0.1, -0.05) is 13.8 Å². The van der Waals surface area contributed by atoms with E-state index in [1.54, 1.807) is 7.05 Å². The van der Waals surface area contributed by atoms with E-state index in [-0.39, 0.29) is 6.04 Å². The molecular weight excluding hydrogens is 182 g/mol. The Morgan fingerprint density at radius 3 is 2.57 bits per heavy atom. The second-order valence-electron chi connectivity index (χ2n) is 3.80. The minimum Gasteiger partial charge on any atom is -0.391 e. The third-order valence-corrected chi connectivity index (χ3v) is 2.06. The summed E-state index contributed by atoms with van der Waals surface area (Å²) < 4.78 is 6.21. The lowest BCUT2D eigenvalue weighted by molar-refractivity contribution is 0.355. The molecule has 0 aliphatic heterocycles. The molecule has 0 aliphatic rings. The molecule has 0 aliphatic carbocycles. The largest absolute Gasteiger partial charge is 0.436 e. The van der Waals surface area contributed by atoms with Gasteiger partial charge in [-0.15, -0.1) is 5.10 Å². The first-order valence-electron chi connectivity index (χ1n) is 4.76. The summed E-state index contributed by atoms with van der Waals surface area (Å²) in [6.45, 7) is 4.23. The Morgan fingerprint density at radius 1 is 1.57 bits per heavy atom. The number of hydrogen-bond donors (Lipinski definition) is 1. The molecule has 5 nitrogen and oxygen atoms in total. The van der Waals surface area contributed by atoms with E-state index in [2.05, 4.69) is 24.3 Å². The van der Waals surface area contributed by atoms with Gasteiger partial charge in [-0.3, -0.25) is 0 Å². The molecule has 1 atom stereocenters. The number of aryl methyl sites for hydroxylation is 1. The molecule has 0 radical (unpaired) electrons. The molecule has 0 aromatic carbocycles. The minimum atomic E-state index is -0.413. The molecule has 1 N–H and O–H groups in total. The maximum Gasteiger partial charge on any atom is 0.436 e. The quantitative estimate of drug-likeness (QED) is 0.774. The lowest BCUT2D eigenvalue weighted by Crippen LogP contribution is -2.19. The van der Waals surface area contributed by atoms with E-state index in [1.807, 2.05) is 7.05 Å². The topological polar surface area (TPSA) is 60.1 Å². The Hall–Kier alpha value is -1.10. The SMILES string of the molecule is CNC(CC(C)C)c1nn(C)c(=O)o1. The van der Waals surface area contributed by atoms with Gasteiger partial charge in [0.1, 0.15) is 0 Å². The fourth-order valence-electron chi connectivity index (χ4n) is 1.32. The fourth-order valence-corrected chi connectivity index (χ4v) is 1.32. The number of nitrogens with one attached hydrogen (secondary N) is 1. The van der Waals surface area contributed by atoms with Crippen LogP contribution in [0.15, 0.2) is 9.21 Å². The Kier molecular flexibility index (Phi) is 3.46. The average molecular weight is 199 g/mol. The van der Waals surface area contributed by atoms with Crippen molar-refractivity contribution in [1.82, 2.24) is 15.1 Å². The minimum absolute atomic E-state index is 0.0175. The number of rotatable bonds is 4. The van der Waals surface area contributed by atoms with Crippen molar-refractivity contribution < 1.29 is 4.42 Å². The van der Waals surface area contributed by atoms with Crippen LogP contribution >= 0.6 is 0 Å². The highest BCUT2D eigenvalue weighted by Crippen LogP contribution is 2.17. The highest BCUT2D eigenvalue weighted by molar-refractivity contribution is 4.86. The third kappa shape index (κ3) is 2.45. The van der Waals surface area contributed by atoms with Crippen LogP contribution in [0.3, 0.4) is 0 Å². The first kappa shape index (κ1) is 11.0. The molecule has 1 rings (SSSR count). The predicted octanol–water partition coefficient (Wildman–Crippen LogP) is 0.680. The van der Waals surface area contributed by atoms with E-state index in [0.29, 0.717) is 11.8 Å². The second kappa shape index (κ2) is 4.41. The highest BCUT2D eigenvalue weighted by atomic mass is 16.4. The summed E-state index contributed by atoms with van der Waals surface area (Å²) in [5.41, 5.74) is 0. The van der Waals surface area contributed by atoms with Gasteiger partial charge in [0.15, 0.2) is 0 Å². The Balaban J connectivity index is 2.84. The molecule has 0 spiro atoms. The van der Waals surface area contributed by atoms with E-state index >= 15 is 0 Å². The molecule has 1 aromatic rings. The first-order chi connectivity index (χ1) is 6.54. The molecule has 0 amide bonds. The molecule has 0 saturated heterocycles. The van der Waals surface area contributed by atoms with Crippen LogP contribution in [0.1, 0.15) is 32.2 Å². The molecule has 0 fully saturated rings. The Bertz CT molecular complexity index is 340. The van der Waals surface area contributed by atoms with Crippen LogP contribution < -0.4 is 11.1 Å². The van der Waals surface area contributed by atoms with Gasteiger partial charge in [0.2, 0.25) is 5.89 Å². The van der Waals surface area contributed by atoms with Crippen LogP contribution in [0.5, 0.6) is 0 Å². The van der Waals surface area contributed by atoms with Crippen molar-refractivity contribution in [2.24, 2.45) is 13.0 Å². The van der Waals surface area contributed by atoms with Gasteiger partial charge in [0.25, 0.3) is 0 Å². The van der Waals surface area contributed by atoms with Gasteiger partial charge in [-0.05, 0) is 19.4 Å². The highest BCUT2D eigenvalue weighted by Gasteiger charge is 2.17. The maximum absolute atomic E-state index is 11.1. The van der Waals surface area contributed by atoms with Crippen LogP contribution in [-0.2, 0) is 7.05 Å².